The summed E-state index contributed by atoms with van der Waals surface area (Å²) in [6.07, 6.45) is 3.83. The highest BCUT2D eigenvalue weighted by Crippen LogP contribution is 2.21. The lowest BCUT2D eigenvalue weighted by Crippen LogP contribution is -2.37. The van der Waals surface area contributed by atoms with Crippen LogP contribution in [0, 0.1) is 5.92 Å². The second-order valence-electron chi connectivity index (χ2n) is 5.52. The third kappa shape index (κ3) is 4.44. The predicted molar refractivity (Wildman–Crippen MR) is 83.4 cm³/mol. The van der Waals surface area contributed by atoms with E-state index in [2.05, 4.69) is 16.5 Å². The lowest BCUT2D eigenvalue weighted by molar-refractivity contribution is 0.201. The topological polar surface area (TPSA) is 75.4 Å². The largest absolute Gasteiger partial charge is 0.398 e. The van der Waals surface area contributed by atoms with E-state index in [1.807, 2.05) is 0 Å². The van der Waals surface area contributed by atoms with Gasteiger partial charge in [-0.05, 0) is 37.9 Å². The van der Waals surface area contributed by atoms with Crippen LogP contribution >= 0.6 is 11.3 Å². The number of hydrogen-bond donors (Lipinski definition) is 2. The first-order valence-electron chi connectivity index (χ1n) is 7.03. The molecule has 1 aliphatic rings. The fourth-order valence-electron chi connectivity index (χ4n) is 2.44. The maximum atomic E-state index is 12.1. The van der Waals surface area contributed by atoms with Crippen molar-refractivity contribution in [3.63, 3.8) is 0 Å². The van der Waals surface area contributed by atoms with E-state index in [0.717, 1.165) is 31.0 Å². The molecule has 2 heterocycles. The maximum Gasteiger partial charge on any atom is 0.250 e. The molecule has 0 saturated carbocycles. The van der Waals surface area contributed by atoms with E-state index in [1.54, 1.807) is 5.38 Å². The molecule has 7 heteroatoms. The Bertz CT molecular complexity index is 521. The minimum absolute atomic E-state index is 0.292. The van der Waals surface area contributed by atoms with Crippen LogP contribution in [0.1, 0.15) is 26.2 Å². The Morgan fingerprint density at radius 2 is 2.10 bits per heavy atom. The van der Waals surface area contributed by atoms with Crippen molar-refractivity contribution in [3.05, 3.63) is 11.4 Å². The van der Waals surface area contributed by atoms with Crippen molar-refractivity contribution in [2.45, 2.75) is 30.4 Å². The van der Waals surface area contributed by atoms with Crippen LogP contribution in [0.15, 0.2) is 15.7 Å². The van der Waals surface area contributed by atoms with Gasteiger partial charge in [-0.15, -0.1) is 11.3 Å². The molecule has 0 amide bonds. The van der Waals surface area contributed by atoms with Crippen molar-refractivity contribution >= 4 is 27.0 Å². The minimum atomic E-state index is -3.41. The Kier molecular flexibility index (Phi) is 5.42. The standard InChI is InChI=1S/C13H23N3O2S2/c1-11(9-16-5-3-2-4-6-16)8-15-20(17,18)13-7-12(14)10-19-13/h7,10-11,15H,2-6,8-9,14H2,1H3. The van der Waals surface area contributed by atoms with Gasteiger partial charge < -0.3 is 10.6 Å². The number of nitrogen functional groups attached to an aromatic ring is 1. The molecular formula is C13H23N3O2S2. The Labute approximate surface area is 125 Å². The van der Waals surface area contributed by atoms with Crippen molar-refractivity contribution < 1.29 is 8.42 Å². The number of anilines is 1. The second-order valence-corrected chi connectivity index (χ2v) is 8.42. The summed E-state index contributed by atoms with van der Waals surface area (Å²) in [6.45, 7) is 5.78. The SMILES string of the molecule is CC(CNS(=O)(=O)c1cc(N)cs1)CN1CCCCC1. The van der Waals surface area contributed by atoms with Gasteiger partial charge in [0.2, 0.25) is 10.0 Å². The number of thiophene rings is 1. The van der Waals surface area contributed by atoms with Gasteiger partial charge in [-0.2, -0.15) is 0 Å². The smallest absolute Gasteiger partial charge is 0.250 e. The predicted octanol–water partition coefficient (Wildman–Crippen LogP) is 1.73. The number of nitrogens with zero attached hydrogens (tertiary/aromatic N) is 1. The highest BCUT2D eigenvalue weighted by atomic mass is 32.2. The molecule has 0 aliphatic carbocycles. The fraction of sp³-hybridized carbons (Fsp3) is 0.692. The van der Waals surface area contributed by atoms with Gasteiger partial charge in [0.15, 0.2) is 0 Å². The van der Waals surface area contributed by atoms with E-state index in [0.29, 0.717) is 22.4 Å². The lowest BCUT2D eigenvalue weighted by Gasteiger charge is -2.29. The Morgan fingerprint density at radius 3 is 2.70 bits per heavy atom. The van der Waals surface area contributed by atoms with E-state index in [4.69, 9.17) is 5.73 Å². The Morgan fingerprint density at radius 1 is 1.40 bits per heavy atom. The molecule has 1 saturated heterocycles. The molecule has 114 valence electrons. The summed E-state index contributed by atoms with van der Waals surface area (Å²) < 4.78 is 27.1. The molecule has 20 heavy (non-hydrogen) atoms. The van der Waals surface area contributed by atoms with Gasteiger partial charge in [0.1, 0.15) is 4.21 Å². The Balaban J connectivity index is 1.81. The van der Waals surface area contributed by atoms with Gasteiger partial charge in [-0.3, -0.25) is 0 Å². The van der Waals surface area contributed by atoms with Gasteiger partial charge in [0, 0.05) is 24.2 Å². The molecule has 3 N–H and O–H groups in total. The van der Waals surface area contributed by atoms with Crippen molar-refractivity contribution in [2.75, 3.05) is 31.9 Å². The van der Waals surface area contributed by atoms with Crippen LogP contribution in [-0.2, 0) is 10.0 Å². The first kappa shape index (κ1) is 15.8. The zero-order valence-corrected chi connectivity index (χ0v) is 13.5. The van der Waals surface area contributed by atoms with E-state index >= 15 is 0 Å². The average Bonchev–Trinajstić information content (AvgIpc) is 2.85. The Hall–Kier alpha value is -0.630. The molecule has 1 atom stereocenters. The number of likely N-dealkylation sites (tertiary alicyclic amines) is 1. The molecule has 1 aromatic rings. The monoisotopic (exact) mass is 317 g/mol. The zero-order chi connectivity index (χ0) is 14.6. The summed E-state index contributed by atoms with van der Waals surface area (Å²) >= 11 is 1.16. The molecular weight excluding hydrogens is 294 g/mol. The molecule has 1 fully saturated rings. The van der Waals surface area contributed by atoms with Gasteiger partial charge in [-0.1, -0.05) is 13.3 Å². The molecule has 1 aromatic heterocycles. The number of rotatable bonds is 6. The first-order valence-corrected chi connectivity index (χ1v) is 9.40. The summed E-state index contributed by atoms with van der Waals surface area (Å²) in [5.74, 6) is 0.306. The van der Waals surface area contributed by atoms with E-state index in [9.17, 15) is 8.42 Å². The van der Waals surface area contributed by atoms with Crippen molar-refractivity contribution in [1.82, 2.24) is 9.62 Å². The van der Waals surface area contributed by atoms with Crippen LogP contribution in [0.25, 0.3) is 0 Å². The molecule has 0 radical (unpaired) electrons. The molecule has 1 aliphatic heterocycles. The number of piperidine rings is 1. The number of hydrogen-bond acceptors (Lipinski definition) is 5. The van der Waals surface area contributed by atoms with Gasteiger partial charge in [0.05, 0.1) is 0 Å². The average molecular weight is 317 g/mol. The van der Waals surface area contributed by atoms with Crippen molar-refractivity contribution in [2.24, 2.45) is 5.92 Å². The summed E-state index contributed by atoms with van der Waals surface area (Å²) in [4.78, 5) is 2.42. The third-order valence-electron chi connectivity index (χ3n) is 3.50. The molecule has 1 unspecified atom stereocenters. The summed E-state index contributed by atoms with van der Waals surface area (Å²) in [5.41, 5.74) is 6.06. The fourth-order valence-corrected chi connectivity index (χ4v) is 4.73. The first-order chi connectivity index (χ1) is 9.47. The molecule has 0 spiro atoms. The second kappa shape index (κ2) is 6.89. The maximum absolute atomic E-state index is 12.1. The van der Waals surface area contributed by atoms with Crippen LogP contribution < -0.4 is 10.5 Å². The van der Waals surface area contributed by atoms with Crippen LogP contribution in [0.4, 0.5) is 5.69 Å². The highest BCUT2D eigenvalue weighted by molar-refractivity contribution is 7.91. The molecule has 0 bridgehead atoms. The number of nitrogens with one attached hydrogen (secondary N) is 1. The molecule has 2 rings (SSSR count). The van der Waals surface area contributed by atoms with E-state index in [-0.39, 0.29) is 0 Å². The minimum Gasteiger partial charge on any atom is -0.398 e. The summed E-state index contributed by atoms with van der Waals surface area (Å²) in [6, 6.07) is 1.50. The summed E-state index contributed by atoms with van der Waals surface area (Å²) in [7, 11) is -3.41. The van der Waals surface area contributed by atoms with Crippen LogP contribution in [0.3, 0.4) is 0 Å². The quantitative estimate of drug-likeness (QED) is 0.838. The normalized spacial score (nSPS) is 19.1. The molecule has 0 aromatic carbocycles. The van der Waals surface area contributed by atoms with Crippen LogP contribution in [0.5, 0.6) is 0 Å². The van der Waals surface area contributed by atoms with Crippen molar-refractivity contribution in [3.8, 4) is 0 Å². The van der Waals surface area contributed by atoms with Crippen molar-refractivity contribution in [1.29, 1.82) is 0 Å². The van der Waals surface area contributed by atoms with Gasteiger partial charge >= 0.3 is 0 Å². The highest BCUT2D eigenvalue weighted by Gasteiger charge is 2.19. The third-order valence-corrected chi connectivity index (χ3v) is 6.38. The number of nitrogens with two attached hydrogens (primary N) is 1. The van der Waals surface area contributed by atoms with E-state index < -0.39 is 10.0 Å². The number of sulfonamides is 1. The van der Waals surface area contributed by atoms with Gasteiger partial charge in [-0.25, -0.2) is 13.1 Å². The van der Waals surface area contributed by atoms with Crippen LogP contribution in [0.2, 0.25) is 0 Å². The van der Waals surface area contributed by atoms with Gasteiger partial charge in [0.25, 0.3) is 0 Å². The zero-order valence-electron chi connectivity index (χ0n) is 11.8. The summed E-state index contributed by atoms with van der Waals surface area (Å²) in [5, 5.41) is 1.64. The molecule has 5 nitrogen and oxygen atoms in total. The van der Waals surface area contributed by atoms with E-state index in [1.165, 1.54) is 25.3 Å². The van der Waals surface area contributed by atoms with Crippen LogP contribution in [-0.4, -0.2) is 39.5 Å². The lowest BCUT2D eigenvalue weighted by atomic mass is 10.1.